The fourth-order valence-electron chi connectivity index (χ4n) is 3.56. The second-order valence-electron chi connectivity index (χ2n) is 7.24. The van der Waals surface area contributed by atoms with Crippen LogP contribution >= 0.6 is 0 Å². The lowest BCUT2D eigenvalue weighted by atomic mass is 9.86. The van der Waals surface area contributed by atoms with E-state index in [1.165, 1.54) is 12.1 Å². The molecular weight excluding hydrogens is 379 g/mol. The topological polar surface area (TPSA) is 66.5 Å². The van der Waals surface area contributed by atoms with E-state index in [-0.39, 0.29) is 23.4 Å². The summed E-state index contributed by atoms with van der Waals surface area (Å²) in [6.45, 7) is 1.78. The Morgan fingerprint density at radius 2 is 1.71 bits per heavy atom. The van der Waals surface area contributed by atoms with Gasteiger partial charge in [-0.2, -0.15) is 0 Å². The third kappa shape index (κ3) is 4.70. The van der Waals surface area contributed by atoms with Gasteiger partial charge in [0.05, 0.1) is 10.6 Å². The van der Waals surface area contributed by atoms with Crippen molar-refractivity contribution in [2.75, 3.05) is 10.8 Å². The highest BCUT2D eigenvalue weighted by molar-refractivity contribution is 7.92. The first-order chi connectivity index (χ1) is 13.4. The molecule has 28 heavy (non-hydrogen) atoms. The van der Waals surface area contributed by atoms with Crippen molar-refractivity contribution in [1.82, 2.24) is 5.32 Å². The van der Waals surface area contributed by atoms with Crippen molar-refractivity contribution in [3.8, 4) is 0 Å². The summed E-state index contributed by atoms with van der Waals surface area (Å²) in [5.74, 6) is -0.487. The maximum Gasteiger partial charge on any atom is 0.264 e. The SMILES string of the molecule is CC1CCCCC1NC(=O)CN(c1ccccc1)S(=O)(=O)c1ccc(F)cc1. The Balaban J connectivity index is 1.85. The first-order valence-electron chi connectivity index (χ1n) is 9.50. The van der Waals surface area contributed by atoms with E-state index in [1.54, 1.807) is 30.3 Å². The van der Waals surface area contributed by atoms with E-state index in [9.17, 15) is 17.6 Å². The molecule has 0 saturated heterocycles. The van der Waals surface area contributed by atoms with E-state index < -0.39 is 15.8 Å². The Hall–Kier alpha value is -2.41. The molecule has 0 aromatic heterocycles. The van der Waals surface area contributed by atoms with E-state index in [0.717, 1.165) is 42.1 Å². The van der Waals surface area contributed by atoms with Crippen LogP contribution < -0.4 is 9.62 Å². The molecule has 2 atom stereocenters. The van der Waals surface area contributed by atoms with Crippen LogP contribution in [0.25, 0.3) is 0 Å². The number of hydrogen-bond acceptors (Lipinski definition) is 3. The van der Waals surface area contributed by atoms with Crippen molar-refractivity contribution in [1.29, 1.82) is 0 Å². The quantitative estimate of drug-likeness (QED) is 0.798. The van der Waals surface area contributed by atoms with Gasteiger partial charge in [0.2, 0.25) is 5.91 Å². The normalized spacial score (nSPS) is 19.8. The zero-order valence-corrected chi connectivity index (χ0v) is 16.7. The van der Waals surface area contributed by atoms with E-state index in [2.05, 4.69) is 12.2 Å². The molecule has 1 saturated carbocycles. The number of nitrogens with one attached hydrogen (secondary N) is 1. The third-order valence-electron chi connectivity index (χ3n) is 5.19. The zero-order valence-electron chi connectivity index (χ0n) is 15.8. The minimum Gasteiger partial charge on any atom is -0.352 e. The van der Waals surface area contributed by atoms with Crippen molar-refractivity contribution >= 4 is 21.6 Å². The smallest absolute Gasteiger partial charge is 0.264 e. The summed E-state index contributed by atoms with van der Waals surface area (Å²) in [5.41, 5.74) is 0.388. The average molecular weight is 405 g/mol. The van der Waals surface area contributed by atoms with Crippen LogP contribution in [0, 0.1) is 11.7 Å². The Labute approximate surface area is 165 Å². The van der Waals surface area contributed by atoms with Crippen LogP contribution in [0.15, 0.2) is 59.5 Å². The number of amides is 1. The highest BCUT2D eigenvalue weighted by Crippen LogP contribution is 2.25. The number of benzene rings is 2. The van der Waals surface area contributed by atoms with Crippen LogP contribution in [0.1, 0.15) is 32.6 Å². The maximum absolute atomic E-state index is 13.2. The number of carbonyl (C=O) groups excluding carboxylic acids is 1. The highest BCUT2D eigenvalue weighted by atomic mass is 32.2. The third-order valence-corrected chi connectivity index (χ3v) is 6.98. The molecule has 0 heterocycles. The van der Waals surface area contributed by atoms with Gasteiger partial charge in [0.25, 0.3) is 10.0 Å². The predicted octanol–water partition coefficient (Wildman–Crippen LogP) is 3.72. The first kappa shape index (κ1) is 20.3. The van der Waals surface area contributed by atoms with Crippen molar-refractivity contribution in [3.05, 3.63) is 60.4 Å². The molecule has 1 N–H and O–H groups in total. The Morgan fingerprint density at radius 1 is 1.07 bits per heavy atom. The number of carbonyl (C=O) groups is 1. The fraction of sp³-hybridized carbons (Fsp3) is 0.381. The standard InChI is InChI=1S/C21H25FN2O3S/c1-16-7-5-6-10-20(16)23-21(25)15-24(18-8-3-2-4-9-18)28(26,27)19-13-11-17(22)12-14-19/h2-4,8-9,11-14,16,20H,5-7,10,15H2,1H3,(H,23,25). The molecule has 2 aromatic carbocycles. The van der Waals surface area contributed by atoms with Gasteiger partial charge in [0.1, 0.15) is 12.4 Å². The molecule has 0 bridgehead atoms. The molecule has 0 spiro atoms. The summed E-state index contributed by atoms with van der Waals surface area (Å²) in [6, 6.07) is 13.1. The van der Waals surface area contributed by atoms with E-state index in [0.29, 0.717) is 11.6 Å². The molecule has 3 rings (SSSR count). The highest BCUT2D eigenvalue weighted by Gasteiger charge is 2.29. The maximum atomic E-state index is 13.2. The van der Waals surface area contributed by atoms with Crippen LogP contribution in [-0.4, -0.2) is 26.9 Å². The minimum absolute atomic E-state index is 0.0587. The number of anilines is 1. The summed E-state index contributed by atoms with van der Waals surface area (Å²) >= 11 is 0. The van der Waals surface area contributed by atoms with Crippen molar-refractivity contribution < 1.29 is 17.6 Å². The van der Waals surface area contributed by atoms with Gasteiger partial charge in [-0.25, -0.2) is 12.8 Å². The van der Waals surface area contributed by atoms with Gasteiger partial charge in [-0.05, 0) is 55.2 Å². The molecule has 150 valence electrons. The number of rotatable bonds is 6. The molecule has 1 aliphatic carbocycles. The Morgan fingerprint density at radius 3 is 2.36 bits per heavy atom. The van der Waals surface area contributed by atoms with Gasteiger partial charge < -0.3 is 5.32 Å². The van der Waals surface area contributed by atoms with Crippen LogP contribution in [0.3, 0.4) is 0 Å². The van der Waals surface area contributed by atoms with Gasteiger partial charge in [-0.15, -0.1) is 0 Å². The molecule has 0 aliphatic heterocycles. The number of para-hydroxylation sites is 1. The number of halogens is 1. The number of hydrogen-bond donors (Lipinski definition) is 1. The van der Waals surface area contributed by atoms with Crippen molar-refractivity contribution in [2.45, 2.75) is 43.5 Å². The van der Waals surface area contributed by atoms with Gasteiger partial charge in [-0.1, -0.05) is 38.0 Å². The second-order valence-corrected chi connectivity index (χ2v) is 9.10. The minimum atomic E-state index is -4.01. The van der Waals surface area contributed by atoms with Crippen molar-refractivity contribution in [2.24, 2.45) is 5.92 Å². The lowest BCUT2D eigenvalue weighted by Gasteiger charge is -2.31. The Kier molecular flexibility index (Phi) is 6.34. The van der Waals surface area contributed by atoms with E-state index >= 15 is 0 Å². The molecule has 7 heteroatoms. The van der Waals surface area contributed by atoms with Gasteiger partial charge in [-0.3, -0.25) is 9.10 Å². The summed E-state index contributed by atoms with van der Waals surface area (Å²) in [5, 5.41) is 3.00. The van der Waals surface area contributed by atoms with Crippen LogP contribution in [-0.2, 0) is 14.8 Å². The predicted molar refractivity (Wildman–Crippen MR) is 107 cm³/mol. The number of sulfonamides is 1. The molecular formula is C21H25FN2O3S. The molecule has 2 aromatic rings. The summed E-state index contributed by atoms with van der Waals surface area (Å²) < 4.78 is 40.6. The average Bonchev–Trinajstić information content (AvgIpc) is 2.69. The van der Waals surface area contributed by atoms with Gasteiger partial charge in [0, 0.05) is 6.04 Å². The lowest BCUT2D eigenvalue weighted by Crippen LogP contribution is -2.47. The molecule has 0 radical (unpaired) electrons. The molecule has 2 unspecified atom stereocenters. The number of nitrogens with zero attached hydrogens (tertiary/aromatic N) is 1. The molecule has 5 nitrogen and oxygen atoms in total. The van der Waals surface area contributed by atoms with Crippen molar-refractivity contribution in [3.63, 3.8) is 0 Å². The van der Waals surface area contributed by atoms with Crippen LogP contribution in [0.5, 0.6) is 0 Å². The fourth-order valence-corrected chi connectivity index (χ4v) is 4.98. The summed E-state index contributed by atoms with van der Waals surface area (Å²) in [7, 11) is -4.01. The summed E-state index contributed by atoms with van der Waals surface area (Å²) in [6.07, 6.45) is 4.18. The van der Waals surface area contributed by atoms with Crippen LogP contribution in [0.2, 0.25) is 0 Å². The first-order valence-corrected chi connectivity index (χ1v) is 10.9. The molecule has 1 aliphatic rings. The monoisotopic (exact) mass is 404 g/mol. The van der Waals surface area contributed by atoms with Gasteiger partial charge >= 0.3 is 0 Å². The largest absolute Gasteiger partial charge is 0.352 e. The lowest BCUT2D eigenvalue weighted by molar-refractivity contribution is -0.120. The second kappa shape index (κ2) is 8.73. The van der Waals surface area contributed by atoms with E-state index in [4.69, 9.17) is 0 Å². The zero-order chi connectivity index (χ0) is 20.1. The summed E-state index contributed by atoms with van der Waals surface area (Å²) in [4.78, 5) is 12.6. The Bertz CT molecular complexity index is 901. The van der Waals surface area contributed by atoms with Crippen LogP contribution in [0.4, 0.5) is 10.1 Å². The van der Waals surface area contributed by atoms with E-state index in [1.807, 2.05) is 0 Å². The molecule has 1 amide bonds. The van der Waals surface area contributed by atoms with Gasteiger partial charge in [0.15, 0.2) is 0 Å². The molecule has 1 fully saturated rings.